The number of para-hydroxylation sites is 2. The fourth-order valence-electron chi connectivity index (χ4n) is 3.57. The van der Waals surface area contributed by atoms with Crippen molar-refractivity contribution in [3.05, 3.63) is 54.1 Å². The van der Waals surface area contributed by atoms with Crippen molar-refractivity contribution in [1.82, 2.24) is 0 Å². The first kappa shape index (κ1) is 15.6. The van der Waals surface area contributed by atoms with Gasteiger partial charge in [0.25, 0.3) is 0 Å². The van der Waals surface area contributed by atoms with Crippen LogP contribution in [0.2, 0.25) is 0 Å². The molecule has 0 radical (unpaired) electrons. The predicted octanol–water partition coefficient (Wildman–Crippen LogP) is 3.97. The third-order valence-corrected chi connectivity index (χ3v) is 6.09. The van der Waals surface area contributed by atoms with E-state index >= 15 is 0 Å². The average Bonchev–Trinajstić information content (AvgIpc) is 2.91. The number of nitrogens with zero attached hydrogens (tertiary/aromatic N) is 2. The third-order valence-electron chi connectivity index (χ3n) is 4.85. The molecule has 0 aliphatic carbocycles. The Bertz CT molecular complexity index is 761. The topological polar surface area (TPSA) is 23.6 Å². The fourth-order valence-corrected chi connectivity index (χ4v) is 4.68. The van der Waals surface area contributed by atoms with E-state index < -0.39 is 0 Å². The molecule has 2 aliphatic rings. The summed E-state index contributed by atoms with van der Waals surface area (Å²) in [5, 5.41) is 0.538. The van der Waals surface area contributed by atoms with Crippen molar-refractivity contribution < 1.29 is 4.79 Å². The molecule has 2 aliphatic heterocycles. The summed E-state index contributed by atoms with van der Waals surface area (Å²) in [6.07, 6.45) is 2.06. The number of carbonyl (C=O) groups excluding carboxylic acids is 1. The Labute approximate surface area is 147 Å². The molecular weight excluding hydrogens is 316 g/mol. The second kappa shape index (κ2) is 6.52. The number of anilines is 2. The van der Waals surface area contributed by atoms with Crippen LogP contribution in [-0.2, 0) is 11.2 Å². The molecule has 2 heterocycles. The summed E-state index contributed by atoms with van der Waals surface area (Å²) in [4.78, 5) is 18.5. The number of amides is 1. The number of hydrogen-bond acceptors (Lipinski definition) is 3. The van der Waals surface area contributed by atoms with Crippen LogP contribution in [0.1, 0.15) is 18.9 Å². The Balaban J connectivity index is 1.57. The summed E-state index contributed by atoms with van der Waals surface area (Å²) in [5.74, 6) is 0.203. The normalized spacial score (nSPS) is 19.6. The smallest absolute Gasteiger partial charge is 0.246 e. The minimum atomic E-state index is 0.203. The van der Waals surface area contributed by atoms with E-state index in [1.54, 1.807) is 0 Å². The van der Waals surface area contributed by atoms with Crippen LogP contribution in [0.25, 0.3) is 0 Å². The van der Waals surface area contributed by atoms with Crippen LogP contribution in [0.15, 0.2) is 53.4 Å². The Morgan fingerprint density at radius 3 is 2.71 bits per heavy atom. The Hall–Kier alpha value is -1.94. The minimum Gasteiger partial charge on any atom is -0.362 e. The van der Waals surface area contributed by atoms with E-state index in [0.717, 1.165) is 31.6 Å². The van der Waals surface area contributed by atoms with E-state index in [-0.39, 0.29) is 5.91 Å². The average molecular weight is 338 g/mol. The number of carbonyl (C=O) groups is 1. The molecule has 0 aromatic heterocycles. The lowest BCUT2D eigenvalue weighted by atomic mass is 10.2. The highest BCUT2D eigenvalue weighted by Crippen LogP contribution is 2.37. The van der Waals surface area contributed by atoms with Gasteiger partial charge in [0.15, 0.2) is 0 Å². The van der Waals surface area contributed by atoms with Gasteiger partial charge >= 0.3 is 0 Å². The van der Waals surface area contributed by atoms with E-state index in [9.17, 15) is 4.79 Å². The van der Waals surface area contributed by atoms with Gasteiger partial charge in [-0.3, -0.25) is 4.79 Å². The zero-order valence-electron chi connectivity index (χ0n) is 13.9. The number of fused-ring (bicyclic) bond motifs is 2. The summed E-state index contributed by atoms with van der Waals surface area (Å²) in [7, 11) is 0. The van der Waals surface area contributed by atoms with Crippen LogP contribution in [0.3, 0.4) is 0 Å². The first-order valence-corrected chi connectivity index (χ1v) is 9.49. The molecule has 1 atom stereocenters. The van der Waals surface area contributed by atoms with Gasteiger partial charge in [0, 0.05) is 28.9 Å². The lowest BCUT2D eigenvalue weighted by Gasteiger charge is -2.26. The molecule has 2 aromatic carbocycles. The molecule has 24 heavy (non-hydrogen) atoms. The van der Waals surface area contributed by atoms with Crippen molar-refractivity contribution >= 4 is 29.0 Å². The van der Waals surface area contributed by atoms with Gasteiger partial charge in [0.1, 0.15) is 0 Å². The first-order chi connectivity index (χ1) is 11.7. The van der Waals surface area contributed by atoms with Gasteiger partial charge in [0.05, 0.1) is 12.2 Å². The summed E-state index contributed by atoms with van der Waals surface area (Å²) in [5.41, 5.74) is 3.65. The van der Waals surface area contributed by atoms with Crippen molar-refractivity contribution in [3.63, 3.8) is 0 Å². The molecule has 4 heteroatoms. The molecule has 124 valence electrons. The molecule has 2 aromatic rings. The van der Waals surface area contributed by atoms with Crippen LogP contribution in [0, 0.1) is 0 Å². The van der Waals surface area contributed by atoms with Crippen molar-refractivity contribution in [2.24, 2.45) is 0 Å². The summed E-state index contributed by atoms with van der Waals surface area (Å²) in [6.45, 7) is 4.45. The molecule has 0 saturated carbocycles. The second-order valence-electron chi connectivity index (χ2n) is 6.53. The Morgan fingerprint density at radius 2 is 1.83 bits per heavy atom. The maximum atomic E-state index is 13.1. The number of hydrogen-bond donors (Lipinski definition) is 0. The Morgan fingerprint density at radius 1 is 1.08 bits per heavy atom. The van der Waals surface area contributed by atoms with Crippen molar-refractivity contribution in [1.29, 1.82) is 0 Å². The van der Waals surface area contributed by atoms with Crippen LogP contribution >= 0.6 is 11.8 Å². The van der Waals surface area contributed by atoms with Crippen LogP contribution in [0.5, 0.6) is 0 Å². The molecule has 4 rings (SSSR count). The van der Waals surface area contributed by atoms with E-state index in [4.69, 9.17) is 0 Å². The molecule has 1 amide bonds. The molecular formula is C20H22N2OS. The summed E-state index contributed by atoms with van der Waals surface area (Å²) in [6, 6.07) is 16.7. The number of thioether (sulfide) groups is 1. The minimum absolute atomic E-state index is 0.203. The zero-order valence-corrected chi connectivity index (χ0v) is 14.8. The van der Waals surface area contributed by atoms with E-state index in [1.165, 1.54) is 16.1 Å². The maximum Gasteiger partial charge on any atom is 0.246 e. The summed E-state index contributed by atoms with van der Waals surface area (Å²) < 4.78 is 0. The second-order valence-corrected chi connectivity index (χ2v) is 8.01. The SMILES string of the molecule is C[C@H]1CCN(C(=O)CN2CCc3ccccc32)c2ccccc2S1. The van der Waals surface area contributed by atoms with Gasteiger partial charge in [-0.05, 0) is 36.6 Å². The van der Waals surface area contributed by atoms with Gasteiger partial charge in [-0.25, -0.2) is 0 Å². The first-order valence-electron chi connectivity index (χ1n) is 8.61. The number of rotatable bonds is 2. The molecule has 0 fully saturated rings. The van der Waals surface area contributed by atoms with Crippen molar-refractivity contribution in [2.45, 2.75) is 29.9 Å². The van der Waals surface area contributed by atoms with Crippen LogP contribution in [0.4, 0.5) is 11.4 Å². The highest BCUT2D eigenvalue weighted by atomic mass is 32.2. The van der Waals surface area contributed by atoms with Gasteiger partial charge in [-0.15, -0.1) is 11.8 Å². The third kappa shape index (κ3) is 2.91. The van der Waals surface area contributed by atoms with Gasteiger partial charge in [-0.1, -0.05) is 37.3 Å². The number of benzene rings is 2. The fraction of sp³-hybridized carbons (Fsp3) is 0.350. The lowest BCUT2D eigenvalue weighted by molar-refractivity contribution is -0.117. The van der Waals surface area contributed by atoms with Crippen molar-refractivity contribution in [2.75, 3.05) is 29.4 Å². The highest BCUT2D eigenvalue weighted by molar-refractivity contribution is 8.00. The maximum absolute atomic E-state index is 13.1. The lowest BCUT2D eigenvalue weighted by Crippen LogP contribution is -2.40. The van der Waals surface area contributed by atoms with Crippen LogP contribution < -0.4 is 9.80 Å². The van der Waals surface area contributed by atoms with Crippen molar-refractivity contribution in [3.8, 4) is 0 Å². The monoisotopic (exact) mass is 338 g/mol. The zero-order chi connectivity index (χ0) is 16.5. The van der Waals surface area contributed by atoms with Gasteiger partial charge < -0.3 is 9.80 Å². The molecule has 0 spiro atoms. The predicted molar refractivity (Wildman–Crippen MR) is 101 cm³/mol. The molecule has 0 bridgehead atoms. The van der Waals surface area contributed by atoms with Gasteiger partial charge in [0.2, 0.25) is 5.91 Å². The van der Waals surface area contributed by atoms with E-state index in [1.807, 2.05) is 22.7 Å². The molecule has 0 N–H and O–H groups in total. The van der Waals surface area contributed by atoms with E-state index in [2.05, 4.69) is 54.3 Å². The van der Waals surface area contributed by atoms with Crippen LogP contribution in [-0.4, -0.2) is 30.8 Å². The molecule has 0 saturated heterocycles. The molecule has 3 nitrogen and oxygen atoms in total. The standard InChI is InChI=1S/C20H22N2OS/c1-15-10-13-22(18-8-4-5-9-19(18)24-15)20(23)14-21-12-11-16-6-2-3-7-17(16)21/h2-9,15H,10-14H2,1H3/t15-/m0/s1. The summed E-state index contributed by atoms with van der Waals surface area (Å²) >= 11 is 1.88. The Kier molecular flexibility index (Phi) is 4.23. The molecule has 0 unspecified atom stereocenters. The highest BCUT2D eigenvalue weighted by Gasteiger charge is 2.27. The quantitative estimate of drug-likeness (QED) is 0.828. The largest absolute Gasteiger partial charge is 0.362 e. The van der Waals surface area contributed by atoms with E-state index in [0.29, 0.717) is 11.8 Å². The van der Waals surface area contributed by atoms with Gasteiger partial charge in [-0.2, -0.15) is 0 Å².